The second kappa shape index (κ2) is 7.74. The molecule has 0 spiro atoms. The smallest absolute Gasteiger partial charge is 0.131 e. The van der Waals surface area contributed by atoms with E-state index in [4.69, 9.17) is 16.6 Å². The molecular formula is C23H20ClFN2O. The molecule has 3 nitrogen and oxygen atoms in total. The van der Waals surface area contributed by atoms with Gasteiger partial charge < -0.3 is 5.11 Å². The first-order valence-electron chi connectivity index (χ1n) is 9.14. The average Bonchev–Trinajstić information content (AvgIpc) is 2.68. The highest BCUT2D eigenvalue weighted by atomic mass is 35.5. The van der Waals surface area contributed by atoms with Crippen LogP contribution >= 0.6 is 11.6 Å². The first kappa shape index (κ1) is 18.7. The molecule has 28 heavy (non-hydrogen) atoms. The van der Waals surface area contributed by atoms with Gasteiger partial charge in [0.2, 0.25) is 0 Å². The molecule has 142 valence electrons. The number of aromatic hydroxyl groups is 1. The number of nitrogens with one attached hydrogen (secondary N) is 1. The van der Waals surface area contributed by atoms with Crippen molar-refractivity contribution in [1.82, 2.24) is 5.32 Å². The van der Waals surface area contributed by atoms with Crippen molar-refractivity contribution < 1.29 is 9.50 Å². The van der Waals surface area contributed by atoms with E-state index >= 15 is 0 Å². The molecule has 3 aromatic rings. The van der Waals surface area contributed by atoms with E-state index < -0.39 is 12.0 Å². The van der Waals surface area contributed by atoms with Gasteiger partial charge >= 0.3 is 0 Å². The lowest BCUT2D eigenvalue weighted by Gasteiger charge is -2.31. The molecule has 0 bridgehead atoms. The lowest BCUT2D eigenvalue weighted by atomic mass is 9.93. The van der Waals surface area contributed by atoms with Gasteiger partial charge in [-0.05, 0) is 30.7 Å². The third-order valence-corrected chi connectivity index (χ3v) is 5.34. The third-order valence-electron chi connectivity index (χ3n) is 5.01. The van der Waals surface area contributed by atoms with Crippen LogP contribution in [-0.2, 0) is 0 Å². The number of phenolic OH excluding ortho intramolecular Hbond substituents is 1. The molecule has 0 aliphatic carbocycles. The maximum absolute atomic E-state index is 14.6. The maximum atomic E-state index is 14.6. The topological polar surface area (TPSA) is 44.6 Å². The number of rotatable bonds is 3. The monoisotopic (exact) mass is 394 g/mol. The van der Waals surface area contributed by atoms with Crippen molar-refractivity contribution in [2.75, 3.05) is 0 Å². The van der Waals surface area contributed by atoms with Crippen molar-refractivity contribution in [2.24, 2.45) is 4.99 Å². The third kappa shape index (κ3) is 3.66. The summed E-state index contributed by atoms with van der Waals surface area (Å²) in [5.74, 6) is -0.210. The van der Waals surface area contributed by atoms with Gasteiger partial charge in [-0.15, -0.1) is 0 Å². The van der Waals surface area contributed by atoms with Crippen LogP contribution in [0.15, 0.2) is 71.7 Å². The first-order chi connectivity index (χ1) is 13.5. The largest absolute Gasteiger partial charge is 0.508 e. The Kier molecular flexibility index (Phi) is 5.16. The van der Waals surface area contributed by atoms with Crippen molar-refractivity contribution >= 4 is 17.3 Å². The van der Waals surface area contributed by atoms with Gasteiger partial charge in [0.05, 0.1) is 5.02 Å². The van der Waals surface area contributed by atoms with Gasteiger partial charge in [-0.1, -0.05) is 65.7 Å². The summed E-state index contributed by atoms with van der Waals surface area (Å²) in [6.45, 7) is 2.03. The quantitative estimate of drug-likeness (QED) is 0.597. The predicted molar refractivity (Wildman–Crippen MR) is 110 cm³/mol. The summed E-state index contributed by atoms with van der Waals surface area (Å²) < 4.78 is 14.6. The van der Waals surface area contributed by atoms with Crippen LogP contribution in [-0.4, -0.2) is 10.8 Å². The minimum atomic E-state index is -0.650. The fourth-order valence-electron chi connectivity index (χ4n) is 3.53. The zero-order valence-electron chi connectivity index (χ0n) is 15.4. The van der Waals surface area contributed by atoms with Crippen molar-refractivity contribution in [1.29, 1.82) is 0 Å². The maximum Gasteiger partial charge on any atom is 0.131 e. The fraction of sp³-hybridized carbons (Fsp3) is 0.174. The Bertz CT molecular complexity index is 1010. The average molecular weight is 395 g/mol. The minimum Gasteiger partial charge on any atom is -0.508 e. The molecule has 1 heterocycles. The minimum absolute atomic E-state index is 0.198. The summed E-state index contributed by atoms with van der Waals surface area (Å²) in [5, 5.41) is 14.0. The highest BCUT2D eigenvalue weighted by Gasteiger charge is 2.30. The van der Waals surface area contributed by atoms with E-state index in [-0.39, 0.29) is 11.8 Å². The van der Waals surface area contributed by atoms with Crippen LogP contribution in [0.25, 0.3) is 0 Å². The molecule has 0 fully saturated rings. The predicted octanol–water partition coefficient (Wildman–Crippen LogP) is 5.72. The Morgan fingerprint density at radius 1 is 1.04 bits per heavy atom. The summed E-state index contributed by atoms with van der Waals surface area (Å²) in [6.07, 6.45) is -0.0770. The SMILES string of the molecule is Cc1ccc(C2=N[C@H](c3c(F)cccc3Cl)N[C@H](c3ccccc3O)C2)cc1. The van der Waals surface area contributed by atoms with Crippen molar-refractivity contribution in [3.05, 3.63) is 99.8 Å². The van der Waals surface area contributed by atoms with E-state index in [9.17, 15) is 9.50 Å². The van der Waals surface area contributed by atoms with Crippen LogP contribution in [0.2, 0.25) is 5.02 Å². The molecule has 2 atom stereocenters. The molecule has 5 heteroatoms. The molecule has 0 unspecified atom stereocenters. The van der Waals surface area contributed by atoms with Gasteiger partial charge in [-0.2, -0.15) is 0 Å². The number of aliphatic imine (C=N–C) groups is 1. The van der Waals surface area contributed by atoms with Gasteiger partial charge in [0.15, 0.2) is 0 Å². The number of benzene rings is 3. The van der Waals surface area contributed by atoms with Crippen LogP contribution in [0, 0.1) is 12.7 Å². The normalized spacial score (nSPS) is 19.3. The highest BCUT2D eigenvalue weighted by molar-refractivity contribution is 6.31. The summed E-state index contributed by atoms with van der Waals surface area (Å²) >= 11 is 6.30. The molecule has 0 radical (unpaired) electrons. The molecule has 2 N–H and O–H groups in total. The summed E-state index contributed by atoms with van der Waals surface area (Å²) in [6, 6.07) is 19.7. The zero-order valence-corrected chi connectivity index (χ0v) is 16.1. The number of para-hydroxylation sites is 1. The molecule has 0 saturated carbocycles. The van der Waals surface area contributed by atoms with Crippen LogP contribution in [0.4, 0.5) is 4.39 Å². The van der Waals surface area contributed by atoms with E-state index in [0.29, 0.717) is 17.0 Å². The molecule has 0 saturated heterocycles. The van der Waals surface area contributed by atoms with E-state index in [0.717, 1.165) is 22.4 Å². The number of hydrogen-bond acceptors (Lipinski definition) is 3. The Balaban J connectivity index is 1.81. The molecular weight excluding hydrogens is 375 g/mol. The van der Waals surface area contributed by atoms with Gasteiger partial charge in [-0.25, -0.2) is 4.39 Å². The van der Waals surface area contributed by atoms with Crippen molar-refractivity contribution in [2.45, 2.75) is 25.6 Å². The van der Waals surface area contributed by atoms with E-state index in [2.05, 4.69) is 5.32 Å². The number of hydrogen-bond donors (Lipinski definition) is 2. The molecule has 1 aliphatic heterocycles. The second-order valence-electron chi connectivity index (χ2n) is 6.96. The Morgan fingerprint density at radius 3 is 2.50 bits per heavy atom. The van der Waals surface area contributed by atoms with Gasteiger partial charge in [0.25, 0.3) is 0 Å². The number of nitrogens with zero attached hydrogens (tertiary/aromatic N) is 1. The molecule has 1 aliphatic rings. The van der Waals surface area contributed by atoms with Crippen molar-refractivity contribution in [3.63, 3.8) is 0 Å². The van der Waals surface area contributed by atoms with Crippen LogP contribution in [0.5, 0.6) is 5.75 Å². The number of phenols is 1. The lowest BCUT2D eigenvalue weighted by Crippen LogP contribution is -2.33. The van der Waals surface area contributed by atoms with E-state index in [1.54, 1.807) is 24.3 Å². The molecule has 3 aromatic carbocycles. The first-order valence-corrected chi connectivity index (χ1v) is 9.52. The highest BCUT2D eigenvalue weighted by Crippen LogP contribution is 2.36. The van der Waals surface area contributed by atoms with Crippen LogP contribution in [0.3, 0.4) is 0 Å². The Hall–Kier alpha value is -2.69. The molecule has 0 amide bonds. The van der Waals surface area contributed by atoms with Crippen LogP contribution < -0.4 is 5.32 Å². The van der Waals surface area contributed by atoms with E-state index in [1.807, 2.05) is 43.3 Å². The Morgan fingerprint density at radius 2 is 1.79 bits per heavy atom. The Labute approximate surface area is 168 Å². The molecule has 0 aromatic heterocycles. The lowest BCUT2D eigenvalue weighted by molar-refractivity contribution is 0.405. The van der Waals surface area contributed by atoms with Gasteiger partial charge in [0, 0.05) is 29.3 Å². The summed E-state index contributed by atoms with van der Waals surface area (Å²) in [4.78, 5) is 4.78. The second-order valence-corrected chi connectivity index (χ2v) is 7.37. The number of aryl methyl sites for hydroxylation is 1. The van der Waals surface area contributed by atoms with E-state index in [1.165, 1.54) is 6.07 Å². The fourth-order valence-corrected chi connectivity index (χ4v) is 3.80. The van der Waals surface area contributed by atoms with Crippen molar-refractivity contribution in [3.8, 4) is 5.75 Å². The standard InChI is InChI=1S/C23H20ClFN2O/c1-14-9-11-15(12-10-14)19-13-20(16-5-2-3-8-21(16)28)27-23(26-19)22-17(24)6-4-7-18(22)25/h2-12,20,23,27-28H,13H2,1H3/t20-,23-/m0/s1. The summed E-state index contributed by atoms with van der Waals surface area (Å²) in [7, 11) is 0. The van der Waals surface area contributed by atoms with Crippen LogP contribution in [0.1, 0.15) is 40.9 Å². The summed E-state index contributed by atoms with van der Waals surface area (Å²) in [5.41, 5.74) is 4.04. The van der Waals surface area contributed by atoms with Gasteiger partial charge in [-0.3, -0.25) is 10.3 Å². The zero-order chi connectivity index (χ0) is 19.7. The van der Waals surface area contributed by atoms with Gasteiger partial charge in [0.1, 0.15) is 17.7 Å². The number of halogens is 2. The molecule has 4 rings (SSSR count).